The molecule has 1 rings (SSSR count). The molecule has 0 spiro atoms. The number of carbonyl (C=O) groups is 1. The number of methoxy groups -OCH3 is 1. The lowest BCUT2D eigenvalue weighted by atomic mass is 10.2. The zero-order valence-corrected chi connectivity index (χ0v) is 8.14. The predicted molar refractivity (Wildman–Crippen MR) is 50.5 cm³/mol. The summed E-state index contributed by atoms with van der Waals surface area (Å²) in [6.07, 6.45) is 2.13. The third-order valence-corrected chi connectivity index (χ3v) is 2.19. The van der Waals surface area contributed by atoms with Crippen LogP contribution in [0.4, 0.5) is 0 Å². The van der Waals surface area contributed by atoms with E-state index in [0.717, 1.165) is 12.8 Å². The fourth-order valence-electron chi connectivity index (χ4n) is 1.31. The van der Waals surface area contributed by atoms with Crippen molar-refractivity contribution >= 4 is 5.97 Å². The first-order valence-corrected chi connectivity index (χ1v) is 4.61. The lowest BCUT2D eigenvalue weighted by Gasteiger charge is -2.14. The SMILES string of the molecule is COC(=O)C(NCCN=[N+]=[N-])C1CC1. The van der Waals surface area contributed by atoms with Crippen LogP contribution < -0.4 is 5.32 Å². The van der Waals surface area contributed by atoms with Gasteiger partial charge >= 0.3 is 5.97 Å². The first-order valence-electron chi connectivity index (χ1n) is 4.61. The lowest BCUT2D eigenvalue weighted by Crippen LogP contribution is -2.40. The van der Waals surface area contributed by atoms with Gasteiger partial charge in [-0.2, -0.15) is 0 Å². The van der Waals surface area contributed by atoms with Crippen LogP contribution in [0.2, 0.25) is 0 Å². The summed E-state index contributed by atoms with van der Waals surface area (Å²) in [5, 5.41) is 6.40. The van der Waals surface area contributed by atoms with E-state index in [1.54, 1.807) is 0 Å². The lowest BCUT2D eigenvalue weighted by molar-refractivity contribution is -0.143. The summed E-state index contributed by atoms with van der Waals surface area (Å²) in [5.74, 6) is 0.168. The molecule has 1 atom stereocenters. The number of nitrogens with one attached hydrogen (secondary N) is 1. The molecule has 1 unspecified atom stereocenters. The number of ether oxygens (including phenoxy) is 1. The Morgan fingerprint density at radius 1 is 1.79 bits per heavy atom. The molecular weight excluding hydrogens is 184 g/mol. The second-order valence-electron chi connectivity index (χ2n) is 3.25. The first-order chi connectivity index (χ1) is 6.79. The van der Waals surface area contributed by atoms with E-state index in [0.29, 0.717) is 19.0 Å². The Kier molecular flexibility index (Phi) is 4.22. The highest BCUT2D eigenvalue weighted by atomic mass is 16.5. The molecule has 0 aromatic rings. The number of esters is 1. The average Bonchev–Trinajstić information content (AvgIpc) is 3.01. The Labute approximate surface area is 82.2 Å². The summed E-state index contributed by atoms with van der Waals surface area (Å²) < 4.78 is 4.67. The van der Waals surface area contributed by atoms with Gasteiger partial charge in [0, 0.05) is 18.0 Å². The molecule has 1 N–H and O–H groups in total. The number of azide groups is 1. The van der Waals surface area contributed by atoms with Gasteiger partial charge in [-0.15, -0.1) is 0 Å². The topological polar surface area (TPSA) is 87.1 Å². The van der Waals surface area contributed by atoms with Crippen LogP contribution in [0.25, 0.3) is 10.4 Å². The van der Waals surface area contributed by atoms with Crippen molar-refractivity contribution in [2.45, 2.75) is 18.9 Å². The van der Waals surface area contributed by atoms with Gasteiger partial charge < -0.3 is 10.1 Å². The third-order valence-electron chi connectivity index (χ3n) is 2.19. The summed E-state index contributed by atoms with van der Waals surface area (Å²) in [4.78, 5) is 13.9. The zero-order valence-electron chi connectivity index (χ0n) is 8.14. The minimum Gasteiger partial charge on any atom is -0.468 e. The van der Waals surface area contributed by atoms with Crippen LogP contribution >= 0.6 is 0 Å². The van der Waals surface area contributed by atoms with Crippen LogP contribution in [0.3, 0.4) is 0 Å². The molecule has 1 fully saturated rings. The van der Waals surface area contributed by atoms with Crippen LogP contribution in [0.1, 0.15) is 12.8 Å². The maximum Gasteiger partial charge on any atom is 0.323 e. The van der Waals surface area contributed by atoms with Gasteiger partial charge in [-0.1, -0.05) is 5.11 Å². The second-order valence-corrected chi connectivity index (χ2v) is 3.25. The van der Waals surface area contributed by atoms with E-state index in [2.05, 4.69) is 20.1 Å². The molecule has 14 heavy (non-hydrogen) atoms. The molecule has 0 aromatic carbocycles. The Morgan fingerprint density at radius 3 is 3.00 bits per heavy atom. The molecule has 6 nitrogen and oxygen atoms in total. The molecule has 0 radical (unpaired) electrons. The van der Waals surface area contributed by atoms with Gasteiger partial charge in [0.05, 0.1) is 7.11 Å². The minimum absolute atomic E-state index is 0.228. The first kappa shape index (κ1) is 10.8. The van der Waals surface area contributed by atoms with E-state index in [-0.39, 0.29) is 12.0 Å². The molecule has 0 saturated heterocycles. The Bertz CT molecular complexity index is 246. The van der Waals surface area contributed by atoms with E-state index in [9.17, 15) is 4.79 Å². The molecule has 0 aliphatic heterocycles. The van der Waals surface area contributed by atoms with Crippen LogP contribution in [0, 0.1) is 5.92 Å². The molecular formula is C8H14N4O2. The van der Waals surface area contributed by atoms with Gasteiger partial charge in [-0.3, -0.25) is 4.79 Å². The molecule has 0 heterocycles. The number of nitrogens with zero attached hydrogens (tertiary/aromatic N) is 3. The van der Waals surface area contributed by atoms with Gasteiger partial charge in [0.2, 0.25) is 0 Å². The van der Waals surface area contributed by atoms with E-state index in [1.807, 2.05) is 0 Å². The predicted octanol–water partition coefficient (Wildman–Crippen LogP) is 0.838. The Hall–Kier alpha value is -1.26. The van der Waals surface area contributed by atoms with Gasteiger partial charge in [0.1, 0.15) is 6.04 Å². The fourth-order valence-corrected chi connectivity index (χ4v) is 1.31. The highest BCUT2D eigenvalue weighted by Crippen LogP contribution is 2.32. The summed E-state index contributed by atoms with van der Waals surface area (Å²) >= 11 is 0. The van der Waals surface area contributed by atoms with Crippen molar-refractivity contribution in [2.75, 3.05) is 20.2 Å². The van der Waals surface area contributed by atoms with Crippen molar-refractivity contribution in [2.24, 2.45) is 11.0 Å². The monoisotopic (exact) mass is 198 g/mol. The van der Waals surface area contributed by atoms with Gasteiger partial charge in [0.15, 0.2) is 0 Å². The van der Waals surface area contributed by atoms with Crippen molar-refractivity contribution in [1.29, 1.82) is 0 Å². The largest absolute Gasteiger partial charge is 0.468 e. The Balaban J connectivity index is 2.28. The van der Waals surface area contributed by atoms with Crippen LogP contribution in [-0.2, 0) is 9.53 Å². The molecule has 1 aliphatic carbocycles. The van der Waals surface area contributed by atoms with Crippen molar-refractivity contribution in [3.05, 3.63) is 10.4 Å². The molecule has 78 valence electrons. The van der Waals surface area contributed by atoms with E-state index < -0.39 is 0 Å². The summed E-state index contributed by atoms with van der Waals surface area (Å²) in [6.45, 7) is 0.872. The van der Waals surface area contributed by atoms with Gasteiger partial charge in [0.25, 0.3) is 0 Å². The van der Waals surface area contributed by atoms with Gasteiger partial charge in [-0.25, -0.2) is 0 Å². The maximum absolute atomic E-state index is 11.3. The quantitative estimate of drug-likeness (QED) is 0.225. The molecule has 0 aromatic heterocycles. The molecule has 6 heteroatoms. The molecule has 1 saturated carbocycles. The van der Waals surface area contributed by atoms with E-state index in [4.69, 9.17) is 5.53 Å². The number of carbonyl (C=O) groups excluding carboxylic acids is 1. The van der Waals surface area contributed by atoms with Crippen molar-refractivity contribution < 1.29 is 9.53 Å². The fraction of sp³-hybridized carbons (Fsp3) is 0.875. The maximum atomic E-state index is 11.3. The Morgan fingerprint density at radius 2 is 2.50 bits per heavy atom. The molecule has 1 aliphatic rings. The van der Waals surface area contributed by atoms with Crippen LogP contribution in [-0.4, -0.2) is 32.2 Å². The molecule has 0 bridgehead atoms. The molecule has 0 amide bonds. The van der Waals surface area contributed by atoms with Gasteiger partial charge in [-0.05, 0) is 24.3 Å². The smallest absolute Gasteiger partial charge is 0.323 e. The van der Waals surface area contributed by atoms with Crippen molar-refractivity contribution in [3.63, 3.8) is 0 Å². The van der Waals surface area contributed by atoms with Crippen molar-refractivity contribution in [1.82, 2.24) is 5.32 Å². The number of hydrogen-bond acceptors (Lipinski definition) is 4. The third kappa shape index (κ3) is 3.24. The van der Waals surface area contributed by atoms with E-state index >= 15 is 0 Å². The summed E-state index contributed by atoms with van der Waals surface area (Å²) in [7, 11) is 1.38. The summed E-state index contributed by atoms with van der Waals surface area (Å²) in [5.41, 5.74) is 8.05. The van der Waals surface area contributed by atoms with Crippen LogP contribution in [0.5, 0.6) is 0 Å². The summed E-state index contributed by atoms with van der Waals surface area (Å²) in [6, 6.07) is -0.228. The highest BCUT2D eigenvalue weighted by molar-refractivity contribution is 5.76. The zero-order chi connectivity index (χ0) is 10.4. The average molecular weight is 198 g/mol. The minimum atomic E-state index is -0.228. The standard InChI is InChI=1S/C8H14N4O2/c1-14-8(13)7(6-2-3-6)10-4-5-11-12-9/h6-7,10H,2-5H2,1H3. The van der Waals surface area contributed by atoms with Crippen LogP contribution in [0.15, 0.2) is 5.11 Å². The normalized spacial score (nSPS) is 16.9. The number of rotatable bonds is 6. The highest BCUT2D eigenvalue weighted by Gasteiger charge is 2.36. The number of hydrogen-bond donors (Lipinski definition) is 1. The second kappa shape index (κ2) is 5.47. The van der Waals surface area contributed by atoms with Crippen molar-refractivity contribution in [3.8, 4) is 0 Å². The van der Waals surface area contributed by atoms with E-state index in [1.165, 1.54) is 7.11 Å².